The summed E-state index contributed by atoms with van der Waals surface area (Å²) in [5, 5.41) is 5.53. The van der Waals surface area contributed by atoms with Gasteiger partial charge in [-0.2, -0.15) is 0 Å². The van der Waals surface area contributed by atoms with Gasteiger partial charge in [-0.05, 0) is 43.7 Å². The molecule has 3 aromatic rings. The van der Waals surface area contributed by atoms with Gasteiger partial charge in [0.15, 0.2) is 0 Å². The van der Waals surface area contributed by atoms with Crippen molar-refractivity contribution < 1.29 is 9.18 Å². The van der Waals surface area contributed by atoms with E-state index in [4.69, 9.17) is 0 Å². The molecule has 0 saturated heterocycles. The van der Waals surface area contributed by atoms with Crippen LogP contribution in [0.3, 0.4) is 0 Å². The maximum atomic E-state index is 14.0. The Morgan fingerprint density at radius 1 is 1.30 bits per heavy atom. The largest absolute Gasteiger partial charge is 0.322 e. The van der Waals surface area contributed by atoms with Crippen LogP contribution in [-0.4, -0.2) is 22.0 Å². The minimum Gasteiger partial charge on any atom is -0.318 e. The SMILES string of the molecule is CC(C)N(Cc1cccc(-c2nccs2)c1)C(=O)Nc1ccc(Br)cc1F. The van der Waals surface area contributed by atoms with E-state index in [0.29, 0.717) is 11.0 Å². The Kier molecular flexibility index (Phi) is 6.23. The van der Waals surface area contributed by atoms with Gasteiger partial charge in [-0.15, -0.1) is 11.3 Å². The highest BCUT2D eigenvalue weighted by Crippen LogP contribution is 2.24. The number of amides is 2. The van der Waals surface area contributed by atoms with Gasteiger partial charge in [0.2, 0.25) is 0 Å². The molecule has 4 nitrogen and oxygen atoms in total. The lowest BCUT2D eigenvalue weighted by molar-refractivity contribution is 0.193. The maximum absolute atomic E-state index is 14.0. The number of benzene rings is 2. The van der Waals surface area contributed by atoms with Gasteiger partial charge < -0.3 is 10.2 Å². The third-order valence-corrected chi connectivity index (χ3v) is 5.33. The van der Waals surface area contributed by atoms with E-state index >= 15 is 0 Å². The van der Waals surface area contributed by atoms with E-state index in [1.165, 1.54) is 6.07 Å². The molecule has 0 fully saturated rings. The number of nitrogens with zero attached hydrogens (tertiary/aromatic N) is 2. The van der Waals surface area contributed by atoms with Crippen LogP contribution in [-0.2, 0) is 6.54 Å². The van der Waals surface area contributed by atoms with Crippen LogP contribution in [0.15, 0.2) is 58.5 Å². The number of rotatable bonds is 5. The van der Waals surface area contributed by atoms with Crippen molar-refractivity contribution >= 4 is 39.0 Å². The summed E-state index contributed by atoms with van der Waals surface area (Å²) < 4.78 is 14.7. The zero-order chi connectivity index (χ0) is 19.4. The average molecular weight is 448 g/mol. The Labute approximate surface area is 170 Å². The minimum atomic E-state index is -0.479. The number of urea groups is 1. The van der Waals surface area contributed by atoms with E-state index in [0.717, 1.165) is 16.1 Å². The Morgan fingerprint density at radius 3 is 2.78 bits per heavy atom. The topological polar surface area (TPSA) is 45.2 Å². The third-order valence-electron chi connectivity index (χ3n) is 4.02. The first kappa shape index (κ1) is 19.5. The van der Waals surface area contributed by atoms with E-state index in [9.17, 15) is 9.18 Å². The van der Waals surface area contributed by atoms with Gasteiger partial charge in [-0.25, -0.2) is 14.2 Å². The number of hydrogen-bond acceptors (Lipinski definition) is 3. The Balaban J connectivity index is 1.77. The zero-order valence-electron chi connectivity index (χ0n) is 14.9. The molecule has 3 rings (SSSR count). The molecule has 0 atom stereocenters. The van der Waals surface area contributed by atoms with E-state index in [2.05, 4.69) is 26.2 Å². The van der Waals surface area contributed by atoms with Crippen LogP contribution in [0.25, 0.3) is 10.6 Å². The zero-order valence-corrected chi connectivity index (χ0v) is 17.3. The molecule has 0 aliphatic carbocycles. The van der Waals surface area contributed by atoms with Crippen molar-refractivity contribution in [3.63, 3.8) is 0 Å². The van der Waals surface area contributed by atoms with Crippen LogP contribution in [0.4, 0.5) is 14.9 Å². The summed E-state index contributed by atoms with van der Waals surface area (Å²) in [6.45, 7) is 4.28. The fourth-order valence-electron chi connectivity index (χ4n) is 2.63. The summed E-state index contributed by atoms with van der Waals surface area (Å²) in [5.74, 6) is -0.479. The van der Waals surface area contributed by atoms with Crippen molar-refractivity contribution in [2.45, 2.75) is 26.4 Å². The predicted octanol–water partition coefficient (Wildman–Crippen LogP) is 6.15. The van der Waals surface area contributed by atoms with Crippen LogP contribution in [0.2, 0.25) is 0 Å². The van der Waals surface area contributed by atoms with Gasteiger partial charge >= 0.3 is 6.03 Å². The summed E-state index contributed by atoms with van der Waals surface area (Å²) in [4.78, 5) is 18.7. The number of halogens is 2. The van der Waals surface area contributed by atoms with Crippen LogP contribution in [0.5, 0.6) is 0 Å². The highest BCUT2D eigenvalue weighted by molar-refractivity contribution is 9.10. The van der Waals surface area contributed by atoms with Crippen molar-refractivity contribution in [1.82, 2.24) is 9.88 Å². The lowest BCUT2D eigenvalue weighted by Gasteiger charge is -2.27. The van der Waals surface area contributed by atoms with Crippen LogP contribution in [0, 0.1) is 5.82 Å². The quantitative estimate of drug-likeness (QED) is 0.509. The second kappa shape index (κ2) is 8.63. The van der Waals surface area contributed by atoms with E-state index in [1.807, 2.05) is 43.5 Å². The Bertz CT molecular complexity index is 931. The molecular formula is C20H19BrFN3OS. The first-order chi connectivity index (χ1) is 12.9. The molecule has 1 aromatic heterocycles. The molecule has 1 N–H and O–H groups in total. The third kappa shape index (κ3) is 4.93. The molecule has 0 aliphatic heterocycles. The van der Waals surface area contributed by atoms with E-state index < -0.39 is 5.82 Å². The number of carbonyl (C=O) groups is 1. The molecule has 0 aliphatic rings. The lowest BCUT2D eigenvalue weighted by atomic mass is 10.1. The monoisotopic (exact) mass is 447 g/mol. The summed E-state index contributed by atoms with van der Waals surface area (Å²) in [7, 11) is 0. The summed E-state index contributed by atoms with van der Waals surface area (Å²) in [6.07, 6.45) is 1.77. The molecule has 27 heavy (non-hydrogen) atoms. The van der Waals surface area contributed by atoms with Crippen molar-refractivity contribution in [3.05, 3.63) is 69.9 Å². The normalized spacial score (nSPS) is 10.9. The van der Waals surface area contributed by atoms with Crippen molar-refractivity contribution in [2.24, 2.45) is 0 Å². The van der Waals surface area contributed by atoms with Gasteiger partial charge in [0.1, 0.15) is 10.8 Å². The highest BCUT2D eigenvalue weighted by atomic mass is 79.9. The van der Waals surface area contributed by atoms with Gasteiger partial charge in [0.25, 0.3) is 0 Å². The predicted molar refractivity (Wildman–Crippen MR) is 111 cm³/mol. The summed E-state index contributed by atoms with van der Waals surface area (Å²) in [5.41, 5.74) is 2.17. The van der Waals surface area contributed by atoms with Gasteiger partial charge in [0, 0.05) is 34.2 Å². The van der Waals surface area contributed by atoms with Crippen LogP contribution < -0.4 is 5.32 Å². The van der Waals surface area contributed by atoms with Crippen molar-refractivity contribution in [1.29, 1.82) is 0 Å². The van der Waals surface area contributed by atoms with Gasteiger partial charge in [-0.1, -0.05) is 34.1 Å². The van der Waals surface area contributed by atoms with Crippen LogP contribution in [0.1, 0.15) is 19.4 Å². The fraction of sp³-hybridized carbons (Fsp3) is 0.200. The molecule has 7 heteroatoms. The summed E-state index contributed by atoms with van der Waals surface area (Å²) in [6, 6.07) is 12.1. The lowest BCUT2D eigenvalue weighted by Crippen LogP contribution is -2.39. The molecule has 0 bridgehead atoms. The first-order valence-corrected chi connectivity index (χ1v) is 10.1. The van der Waals surface area contributed by atoms with Gasteiger partial charge in [0.05, 0.1) is 5.69 Å². The number of thiazole rings is 1. The summed E-state index contributed by atoms with van der Waals surface area (Å²) >= 11 is 4.79. The molecule has 0 saturated carbocycles. The Morgan fingerprint density at radius 2 is 2.11 bits per heavy atom. The molecule has 0 unspecified atom stereocenters. The van der Waals surface area contributed by atoms with E-state index in [-0.39, 0.29) is 17.8 Å². The molecule has 140 valence electrons. The smallest absolute Gasteiger partial charge is 0.318 e. The van der Waals surface area contributed by atoms with Gasteiger partial charge in [-0.3, -0.25) is 0 Å². The van der Waals surface area contributed by atoms with Crippen LogP contribution >= 0.6 is 27.3 Å². The fourth-order valence-corrected chi connectivity index (χ4v) is 3.60. The van der Waals surface area contributed by atoms with Crippen molar-refractivity contribution in [2.75, 3.05) is 5.32 Å². The highest BCUT2D eigenvalue weighted by Gasteiger charge is 2.19. The first-order valence-electron chi connectivity index (χ1n) is 8.45. The molecular weight excluding hydrogens is 429 g/mol. The number of hydrogen-bond donors (Lipinski definition) is 1. The average Bonchev–Trinajstić information content (AvgIpc) is 3.17. The molecule has 0 spiro atoms. The number of aromatic nitrogens is 1. The molecule has 0 radical (unpaired) electrons. The second-order valence-corrected chi connectivity index (χ2v) is 8.12. The second-order valence-electron chi connectivity index (χ2n) is 6.31. The molecule has 2 amide bonds. The minimum absolute atomic E-state index is 0.0490. The standard InChI is InChI=1S/C20H19BrFN3OS/c1-13(2)25(20(26)24-18-7-6-16(21)11-17(18)22)12-14-4-3-5-15(10-14)19-23-8-9-27-19/h3-11,13H,12H2,1-2H3,(H,24,26). The molecule has 2 aromatic carbocycles. The number of carbonyl (C=O) groups excluding carboxylic acids is 1. The Hall–Kier alpha value is -2.25. The molecule has 1 heterocycles. The number of anilines is 1. The maximum Gasteiger partial charge on any atom is 0.322 e. The number of nitrogens with one attached hydrogen (secondary N) is 1. The van der Waals surface area contributed by atoms with Crippen molar-refractivity contribution in [3.8, 4) is 10.6 Å². The van der Waals surface area contributed by atoms with E-state index in [1.54, 1.807) is 34.6 Å².